The number of aromatic nitrogens is 2. The maximum absolute atomic E-state index is 12.1. The molecule has 2 aromatic heterocycles. The van der Waals surface area contributed by atoms with Crippen molar-refractivity contribution in [1.29, 1.82) is 0 Å². The van der Waals surface area contributed by atoms with Crippen LogP contribution in [-0.4, -0.2) is 34.3 Å². The lowest BCUT2D eigenvalue weighted by molar-refractivity contribution is -0.119. The molecule has 40 heavy (non-hydrogen) atoms. The molecule has 0 aliphatic carbocycles. The summed E-state index contributed by atoms with van der Waals surface area (Å²) in [7, 11) is 1.50. The molecule has 1 fully saturated rings. The van der Waals surface area contributed by atoms with Crippen molar-refractivity contribution in [3.05, 3.63) is 106 Å². The van der Waals surface area contributed by atoms with Crippen LogP contribution >= 0.6 is 23.8 Å². The van der Waals surface area contributed by atoms with Crippen molar-refractivity contribution in [3.8, 4) is 5.69 Å². The largest absolute Gasteiger partial charge is 0.375 e. The summed E-state index contributed by atoms with van der Waals surface area (Å²) in [6.45, 7) is 8.31. The second-order valence-electron chi connectivity index (χ2n) is 10.1. The number of pyridine rings is 1. The lowest BCUT2D eigenvalue weighted by Gasteiger charge is -2.29. The van der Waals surface area contributed by atoms with Crippen molar-refractivity contribution in [3.63, 3.8) is 0 Å². The maximum Gasteiger partial charge on any atom is 0.250 e. The second-order valence-corrected chi connectivity index (χ2v) is 10.9. The van der Waals surface area contributed by atoms with Crippen LogP contribution in [0, 0.1) is 27.7 Å². The third-order valence-electron chi connectivity index (χ3n) is 7.34. The van der Waals surface area contributed by atoms with E-state index in [1.807, 2.05) is 61.5 Å². The number of hydrogen-bond donors (Lipinski definition) is 2. The summed E-state index contributed by atoms with van der Waals surface area (Å²) in [5.74, 6) is -0.200. The van der Waals surface area contributed by atoms with Gasteiger partial charge in [-0.1, -0.05) is 23.7 Å². The average Bonchev–Trinajstić information content (AvgIpc) is 3.42. The van der Waals surface area contributed by atoms with Crippen molar-refractivity contribution >= 4 is 46.2 Å². The molecule has 1 amide bonds. The Balaban J connectivity index is 1.63. The van der Waals surface area contributed by atoms with Gasteiger partial charge in [0.25, 0.3) is 0 Å². The fraction of sp³-hybridized carbons (Fsp3) is 0.258. The quantitative estimate of drug-likeness (QED) is 0.245. The van der Waals surface area contributed by atoms with Crippen LogP contribution in [0.15, 0.2) is 66.9 Å². The highest BCUT2D eigenvalue weighted by Gasteiger charge is 2.42. The van der Waals surface area contributed by atoms with Crippen molar-refractivity contribution in [2.24, 2.45) is 0 Å². The van der Waals surface area contributed by atoms with Gasteiger partial charge in [-0.05, 0) is 105 Å². The molecule has 0 saturated carbocycles. The van der Waals surface area contributed by atoms with E-state index in [9.17, 15) is 4.79 Å². The molecule has 0 spiro atoms. The van der Waals surface area contributed by atoms with Crippen molar-refractivity contribution in [1.82, 2.24) is 14.9 Å². The standard InChI is InChI=1S/C31H32ClN5O2S/c1-18-9-10-22(32)16-27(18)36-20(3)15-24(21(36)4)30-29(26-8-6-7-13-33-26)35-31(40)37(30)23-11-12-25(19(2)14-23)34-28(38)17-39-5/h6-16,29-30H,17H2,1-5H3,(H,34,38)(H,35,40)/t29-,30+/m1/s1. The monoisotopic (exact) mass is 573 g/mol. The van der Waals surface area contributed by atoms with Crippen molar-refractivity contribution in [2.75, 3.05) is 23.9 Å². The van der Waals surface area contributed by atoms with E-state index < -0.39 is 0 Å². The molecule has 5 rings (SSSR count). The second kappa shape index (κ2) is 11.4. The Morgan fingerprint density at radius 3 is 2.58 bits per heavy atom. The van der Waals surface area contributed by atoms with Crippen molar-refractivity contribution in [2.45, 2.75) is 39.8 Å². The zero-order valence-corrected chi connectivity index (χ0v) is 24.7. The predicted octanol–water partition coefficient (Wildman–Crippen LogP) is 6.52. The number of rotatable bonds is 7. The molecule has 0 unspecified atom stereocenters. The van der Waals surface area contributed by atoms with Gasteiger partial charge in [-0.15, -0.1) is 0 Å². The highest BCUT2D eigenvalue weighted by Crippen LogP contribution is 2.44. The minimum atomic E-state index is -0.200. The summed E-state index contributed by atoms with van der Waals surface area (Å²) in [4.78, 5) is 19.0. The van der Waals surface area contributed by atoms with E-state index >= 15 is 0 Å². The number of nitrogens with one attached hydrogen (secondary N) is 2. The first-order chi connectivity index (χ1) is 19.2. The summed E-state index contributed by atoms with van der Waals surface area (Å²) in [6, 6.07) is 19.7. The van der Waals surface area contributed by atoms with Crippen LogP contribution in [0.5, 0.6) is 0 Å². The van der Waals surface area contributed by atoms with Gasteiger partial charge in [0.2, 0.25) is 5.91 Å². The number of nitrogens with zero attached hydrogens (tertiary/aromatic N) is 3. The Morgan fingerprint density at radius 2 is 1.88 bits per heavy atom. The highest BCUT2D eigenvalue weighted by molar-refractivity contribution is 7.80. The maximum atomic E-state index is 12.1. The minimum absolute atomic E-state index is 0.00311. The van der Waals surface area contributed by atoms with E-state index in [0.29, 0.717) is 10.1 Å². The van der Waals surface area contributed by atoms with Crippen LogP contribution in [0.4, 0.5) is 11.4 Å². The molecule has 1 saturated heterocycles. The van der Waals surface area contributed by atoms with Gasteiger partial charge in [0, 0.05) is 46.8 Å². The highest BCUT2D eigenvalue weighted by atomic mass is 35.5. The van der Waals surface area contributed by atoms with Gasteiger partial charge in [0.05, 0.1) is 17.8 Å². The molecule has 9 heteroatoms. The molecule has 2 aromatic carbocycles. The molecule has 7 nitrogen and oxygen atoms in total. The summed E-state index contributed by atoms with van der Waals surface area (Å²) >= 11 is 12.4. The van der Waals surface area contributed by atoms with E-state index in [1.165, 1.54) is 7.11 Å². The van der Waals surface area contributed by atoms with E-state index in [0.717, 1.165) is 50.8 Å². The van der Waals surface area contributed by atoms with E-state index in [2.05, 4.69) is 46.9 Å². The molecule has 3 heterocycles. The Kier molecular flexibility index (Phi) is 7.94. The number of ether oxygens (including phenoxy) is 1. The summed E-state index contributed by atoms with van der Waals surface area (Å²) in [5.41, 5.74) is 9.01. The molecule has 0 radical (unpaired) electrons. The number of amides is 1. The summed E-state index contributed by atoms with van der Waals surface area (Å²) in [5, 5.41) is 7.76. The van der Waals surface area contributed by atoms with Gasteiger partial charge in [0.15, 0.2) is 5.11 Å². The molecule has 206 valence electrons. The first kappa shape index (κ1) is 27.8. The molecule has 1 aliphatic heterocycles. The smallest absolute Gasteiger partial charge is 0.250 e. The molecule has 2 atom stereocenters. The fourth-order valence-corrected chi connectivity index (χ4v) is 6.00. The van der Waals surface area contributed by atoms with Crippen LogP contribution in [0.3, 0.4) is 0 Å². The number of methoxy groups -OCH3 is 1. The molecule has 0 bridgehead atoms. The lowest BCUT2D eigenvalue weighted by Crippen LogP contribution is -2.29. The number of carbonyl (C=O) groups is 1. The first-order valence-electron chi connectivity index (χ1n) is 13.0. The van der Waals surface area contributed by atoms with Crippen LogP contribution in [-0.2, 0) is 9.53 Å². The molecular formula is C31H32ClN5O2S. The number of thiocarbonyl (C=S) groups is 1. The Hall–Kier alpha value is -3.72. The van der Waals surface area contributed by atoms with E-state index in [1.54, 1.807) is 6.20 Å². The van der Waals surface area contributed by atoms with Gasteiger partial charge >= 0.3 is 0 Å². The SMILES string of the molecule is COCC(=O)Nc1ccc(N2C(=S)N[C@H](c3ccccn3)[C@@H]2c2cc(C)n(-c3cc(Cl)ccc3C)c2C)cc1C. The number of carbonyl (C=O) groups excluding carboxylic acids is 1. The Morgan fingerprint density at radius 1 is 1.07 bits per heavy atom. The van der Waals surface area contributed by atoms with Crippen LogP contribution < -0.4 is 15.5 Å². The van der Waals surface area contributed by atoms with Gasteiger partial charge in [0.1, 0.15) is 6.61 Å². The van der Waals surface area contributed by atoms with Gasteiger partial charge in [-0.25, -0.2) is 0 Å². The van der Waals surface area contributed by atoms with Crippen LogP contribution in [0.2, 0.25) is 5.02 Å². The van der Waals surface area contributed by atoms with Crippen molar-refractivity contribution < 1.29 is 9.53 Å². The number of benzene rings is 2. The van der Waals surface area contributed by atoms with Crippen LogP contribution in [0.25, 0.3) is 5.69 Å². The zero-order valence-electron chi connectivity index (χ0n) is 23.2. The van der Waals surface area contributed by atoms with E-state index in [-0.39, 0.29) is 24.6 Å². The Labute approximate surface area is 245 Å². The van der Waals surface area contributed by atoms with E-state index in [4.69, 9.17) is 33.5 Å². The number of aryl methyl sites for hydroxylation is 3. The molecule has 1 aliphatic rings. The van der Waals surface area contributed by atoms with Crippen LogP contribution in [0.1, 0.15) is 45.9 Å². The molecular weight excluding hydrogens is 542 g/mol. The third kappa shape index (κ3) is 5.22. The van der Waals surface area contributed by atoms with Gasteiger partial charge < -0.3 is 24.8 Å². The van der Waals surface area contributed by atoms with Gasteiger partial charge in [-0.2, -0.15) is 0 Å². The fourth-order valence-electron chi connectivity index (χ4n) is 5.49. The summed E-state index contributed by atoms with van der Waals surface area (Å²) < 4.78 is 7.21. The third-order valence-corrected chi connectivity index (χ3v) is 7.89. The topological polar surface area (TPSA) is 71.4 Å². The number of anilines is 2. The molecule has 2 N–H and O–H groups in total. The number of halogens is 1. The zero-order chi connectivity index (χ0) is 28.6. The Bertz CT molecular complexity index is 1590. The lowest BCUT2D eigenvalue weighted by atomic mass is 9.96. The van der Waals surface area contributed by atoms with Gasteiger partial charge in [-0.3, -0.25) is 9.78 Å². The average molecular weight is 574 g/mol. The first-order valence-corrected chi connectivity index (χ1v) is 13.8. The molecule has 4 aromatic rings. The normalized spacial score (nSPS) is 16.8. The number of hydrogen-bond acceptors (Lipinski definition) is 4. The predicted molar refractivity (Wildman–Crippen MR) is 165 cm³/mol. The summed E-state index contributed by atoms with van der Waals surface area (Å²) in [6.07, 6.45) is 1.81. The minimum Gasteiger partial charge on any atom is -0.375 e.